The van der Waals surface area contributed by atoms with E-state index in [1.807, 2.05) is 0 Å². The van der Waals surface area contributed by atoms with Crippen LogP contribution >= 0.6 is 0 Å². The van der Waals surface area contributed by atoms with E-state index in [-0.39, 0.29) is 5.69 Å². The van der Waals surface area contributed by atoms with Gasteiger partial charge in [0.25, 0.3) is 0 Å². The second-order valence-electron chi connectivity index (χ2n) is 2.03. The van der Waals surface area contributed by atoms with E-state index in [0.717, 1.165) is 12.1 Å². The van der Waals surface area contributed by atoms with Gasteiger partial charge in [-0.15, -0.1) is 0 Å². The molecular weight excluding hydrogens is 186 g/mol. The number of anilines is 1. The van der Waals surface area contributed by atoms with E-state index in [0.29, 0.717) is 0 Å². The molecule has 66 valence electrons. The van der Waals surface area contributed by atoms with Gasteiger partial charge in [0.2, 0.25) is 11.9 Å². The molecule has 0 fully saturated rings. The summed E-state index contributed by atoms with van der Waals surface area (Å²) in [5, 5.41) is 0. The second kappa shape index (κ2) is 3.57. The number of nitrogens with zero attached hydrogens (tertiary/aromatic N) is 1. The maximum Gasteiger partial charge on any atom is 0.239 e. The summed E-state index contributed by atoms with van der Waals surface area (Å²) in [6, 6.07) is 2.12. The molecular formula is C6H6F2N2OS. The molecule has 1 atom stereocenters. The Morgan fingerprint density at radius 3 is 2.67 bits per heavy atom. The highest BCUT2D eigenvalue weighted by Gasteiger charge is 2.04. The van der Waals surface area contributed by atoms with Gasteiger partial charge >= 0.3 is 0 Å². The minimum atomic E-state index is -1.39. The molecule has 0 radical (unpaired) electrons. The summed E-state index contributed by atoms with van der Waals surface area (Å²) in [6.07, 6.45) is 1.34. The molecule has 0 aliphatic rings. The van der Waals surface area contributed by atoms with Gasteiger partial charge in [0.1, 0.15) is 16.7 Å². The van der Waals surface area contributed by atoms with Gasteiger partial charge in [-0.25, -0.2) is 4.21 Å². The zero-order valence-corrected chi connectivity index (χ0v) is 6.99. The van der Waals surface area contributed by atoms with Crippen LogP contribution in [-0.2, 0) is 11.0 Å². The van der Waals surface area contributed by atoms with Gasteiger partial charge in [-0.1, -0.05) is 0 Å². The van der Waals surface area contributed by atoms with E-state index in [9.17, 15) is 13.0 Å². The number of halogens is 2. The lowest BCUT2D eigenvalue weighted by atomic mass is 10.4. The van der Waals surface area contributed by atoms with E-state index < -0.39 is 22.9 Å². The second-order valence-corrected chi connectivity index (χ2v) is 3.14. The molecule has 0 saturated heterocycles. The molecule has 1 N–H and O–H groups in total. The Kier molecular flexibility index (Phi) is 2.69. The number of hydrogen-bond donors (Lipinski definition) is 1. The first-order chi connectivity index (χ1) is 5.59. The number of aromatic nitrogens is 1. The lowest BCUT2D eigenvalue weighted by Gasteiger charge is -2.01. The lowest BCUT2D eigenvalue weighted by molar-refractivity contribution is 0.516. The summed E-state index contributed by atoms with van der Waals surface area (Å²) < 4.78 is 37.7. The molecule has 3 nitrogen and oxygen atoms in total. The van der Waals surface area contributed by atoms with Crippen LogP contribution in [0.15, 0.2) is 12.1 Å². The Hall–Kier alpha value is -1.04. The summed E-state index contributed by atoms with van der Waals surface area (Å²) in [6.45, 7) is 0. The summed E-state index contributed by atoms with van der Waals surface area (Å²) in [5.74, 6) is -1.90. The van der Waals surface area contributed by atoms with Crippen molar-refractivity contribution in [2.45, 2.75) is 0 Å². The number of pyridine rings is 1. The van der Waals surface area contributed by atoms with Gasteiger partial charge in [0.05, 0.1) is 0 Å². The highest BCUT2D eigenvalue weighted by molar-refractivity contribution is 7.85. The molecule has 0 saturated carbocycles. The molecule has 0 aliphatic heterocycles. The fourth-order valence-corrected chi connectivity index (χ4v) is 1.11. The lowest BCUT2D eigenvalue weighted by Crippen LogP contribution is -2.04. The monoisotopic (exact) mass is 192 g/mol. The predicted octanol–water partition coefficient (Wildman–Crippen LogP) is 1.07. The SMILES string of the molecule is CS(=O)Nc1ccc(F)nc1F. The van der Waals surface area contributed by atoms with E-state index in [2.05, 4.69) is 9.71 Å². The molecule has 6 heteroatoms. The average molecular weight is 192 g/mol. The largest absolute Gasteiger partial charge is 0.301 e. The van der Waals surface area contributed by atoms with E-state index in [1.54, 1.807) is 0 Å². The maximum absolute atomic E-state index is 12.7. The first-order valence-corrected chi connectivity index (χ1v) is 4.57. The van der Waals surface area contributed by atoms with Gasteiger partial charge < -0.3 is 4.72 Å². The van der Waals surface area contributed by atoms with Crippen LogP contribution in [0.4, 0.5) is 14.5 Å². The summed E-state index contributed by atoms with van der Waals surface area (Å²) >= 11 is 0. The Morgan fingerprint density at radius 2 is 2.17 bits per heavy atom. The van der Waals surface area contributed by atoms with Crippen LogP contribution in [0.5, 0.6) is 0 Å². The normalized spacial score (nSPS) is 12.6. The van der Waals surface area contributed by atoms with Gasteiger partial charge in [0, 0.05) is 6.26 Å². The molecule has 1 rings (SSSR count). The van der Waals surface area contributed by atoms with Crippen molar-refractivity contribution in [3.05, 3.63) is 24.0 Å². The van der Waals surface area contributed by atoms with Crippen molar-refractivity contribution in [1.82, 2.24) is 4.98 Å². The molecule has 1 heterocycles. The molecule has 0 bridgehead atoms. The van der Waals surface area contributed by atoms with Gasteiger partial charge in [-0.2, -0.15) is 13.8 Å². The van der Waals surface area contributed by atoms with Crippen molar-refractivity contribution in [3.63, 3.8) is 0 Å². The Balaban J connectivity index is 2.93. The quantitative estimate of drug-likeness (QED) is 0.712. The Morgan fingerprint density at radius 1 is 1.50 bits per heavy atom. The molecule has 1 aromatic heterocycles. The van der Waals surface area contributed by atoms with Crippen LogP contribution in [-0.4, -0.2) is 15.4 Å². The predicted molar refractivity (Wildman–Crippen MR) is 41.8 cm³/mol. The van der Waals surface area contributed by atoms with E-state index in [1.165, 1.54) is 6.26 Å². The number of hydrogen-bond acceptors (Lipinski definition) is 2. The highest BCUT2D eigenvalue weighted by atomic mass is 32.2. The van der Waals surface area contributed by atoms with Crippen molar-refractivity contribution in [1.29, 1.82) is 0 Å². The van der Waals surface area contributed by atoms with E-state index >= 15 is 0 Å². The standard InChI is InChI=1S/C6H6F2N2OS/c1-12(11)10-4-2-3-5(7)9-6(4)8/h2-3,10H,1H3. The van der Waals surface area contributed by atoms with Crippen molar-refractivity contribution in [2.75, 3.05) is 11.0 Å². The number of nitrogens with one attached hydrogen (secondary N) is 1. The van der Waals surface area contributed by atoms with Crippen LogP contribution in [0, 0.1) is 11.9 Å². The van der Waals surface area contributed by atoms with Gasteiger partial charge in [-0.3, -0.25) is 0 Å². The third kappa shape index (κ3) is 2.23. The molecule has 0 amide bonds. The summed E-state index contributed by atoms with van der Waals surface area (Å²) in [4.78, 5) is 2.90. The molecule has 0 aromatic carbocycles. The van der Waals surface area contributed by atoms with Crippen LogP contribution in [0.25, 0.3) is 0 Å². The molecule has 1 aromatic rings. The summed E-state index contributed by atoms with van der Waals surface area (Å²) in [5.41, 5.74) is -0.0720. The molecule has 0 spiro atoms. The minimum Gasteiger partial charge on any atom is -0.301 e. The first kappa shape index (κ1) is 9.05. The van der Waals surface area contributed by atoms with Crippen molar-refractivity contribution in [2.24, 2.45) is 0 Å². The third-order valence-corrected chi connectivity index (χ3v) is 1.58. The number of rotatable bonds is 2. The molecule has 1 unspecified atom stereocenters. The van der Waals surface area contributed by atoms with Gasteiger partial charge in [0.15, 0.2) is 0 Å². The van der Waals surface area contributed by atoms with Crippen LogP contribution < -0.4 is 4.72 Å². The van der Waals surface area contributed by atoms with Crippen LogP contribution in [0.3, 0.4) is 0 Å². The smallest absolute Gasteiger partial charge is 0.239 e. The van der Waals surface area contributed by atoms with Crippen LogP contribution in [0.2, 0.25) is 0 Å². The third-order valence-electron chi connectivity index (χ3n) is 1.07. The zero-order valence-electron chi connectivity index (χ0n) is 6.17. The fraction of sp³-hybridized carbons (Fsp3) is 0.167. The van der Waals surface area contributed by atoms with Gasteiger partial charge in [-0.05, 0) is 12.1 Å². The Bertz CT molecular complexity index is 318. The van der Waals surface area contributed by atoms with Crippen LogP contribution in [0.1, 0.15) is 0 Å². The maximum atomic E-state index is 12.7. The minimum absolute atomic E-state index is 0.0720. The topological polar surface area (TPSA) is 42.0 Å². The summed E-state index contributed by atoms with van der Waals surface area (Å²) in [7, 11) is -1.39. The Labute approximate surface area is 70.4 Å². The van der Waals surface area contributed by atoms with Crippen molar-refractivity contribution >= 4 is 16.7 Å². The highest BCUT2D eigenvalue weighted by Crippen LogP contribution is 2.11. The fourth-order valence-electron chi connectivity index (χ4n) is 0.643. The molecule has 0 aliphatic carbocycles. The van der Waals surface area contributed by atoms with E-state index in [4.69, 9.17) is 0 Å². The first-order valence-electron chi connectivity index (χ1n) is 3.01. The molecule has 12 heavy (non-hydrogen) atoms. The average Bonchev–Trinajstić information content (AvgIpc) is 1.94. The zero-order chi connectivity index (χ0) is 9.14. The van der Waals surface area contributed by atoms with Crippen molar-refractivity contribution in [3.8, 4) is 0 Å². The van der Waals surface area contributed by atoms with Crippen molar-refractivity contribution < 1.29 is 13.0 Å².